The Balaban J connectivity index is 1.60. The van der Waals surface area contributed by atoms with E-state index in [1.54, 1.807) is 17.1 Å². The van der Waals surface area contributed by atoms with Crippen molar-refractivity contribution in [1.82, 2.24) is 25.0 Å². The summed E-state index contributed by atoms with van der Waals surface area (Å²) in [4.78, 5) is 19.7. The number of piperidine rings is 1. The van der Waals surface area contributed by atoms with Crippen molar-refractivity contribution in [2.45, 2.75) is 58.6 Å². The molecule has 1 atom stereocenters. The number of halogens is 3. The van der Waals surface area contributed by atoms with E-state index in [2.05, 4.69) is 39.9 Å². The lowest BCUT2D eigenvalue weighted by Gasteiger charge is -2.31. The molecular weight excluding hydrogens is 501 g/mol. The van der Waals surface area contributed by atoms with Crippen molar-refractivity contribution in [2.75, 3.05) is 18.1 Å². The molecule has 3 heterocycles. The number of rotatable bonds is 9. The lowest BCUT2D eigenvalue weighted by atomic mass is 9.90. The van der Waals surface area contributed by atoms with E-state index in [-0.39, 0.29) is 24.6 Å². The summed E-state index contributed by atoms with van der Waals surface area (Å²) in [5, 5.41) is 12.4. The molecule has 37 heavy (non-hydrogen) atoms. The predicted molar refractivity (Wildman–Crippen MR) is 135 cm³/mol. The van der Waals surface area contributed by atoms with Gasteiger partial charge in [0, 0.05) is 32.7 Å². The Morgan fingerprint density at radius 2 is 1.86 bits per heavy atom. The molecule has 198 valence electrons. The topological polar surface area (TPSA) is 86.0 Å². The van der Waals surface area contributed by atoms with Crippen LogP contribution in [-0.2, 0) is 22.7 Å². The van der Waals surface area contributed by atoms with Gasteiger partial charge in [0.2, 0.25) is 11.9 Å². The van der Waals surface area contributed by atoms with Gasteiger partial charge in [-0.3, -0.25) is 9.69 Å². The Morgan fingerprint density at radius 1 is 1.11 bits per heavy atom. The third-order valence-corrected chi connectivity index (χ3v) is 8.11. The van der Waals surface area contributed by atoms with Gasteiger partial charge in [-0.05, 0) is 49.4 Å². The van der Waals surface area contributed by atoms with Gasteiger partial charge < -0.3 is 4.74 Å². The minimum Gasteiger partial charge on any atom is -0.359 e. The number of carbonyl (C=O) groups is 1. The highest BCUT2D eigenvalue weighted by Crippen LogP contribution is 2.29. The SMILES string of the molecule is Cc1cnncc1-c1nc(N2CCCC(Cc3ccc(F)c(F)c3F)C2=O)n(COCC[Si](C)(C)C)n1. The molecule has 2 aromatic heterocycles. The van der Waals surface area contributed by atoms with E-state index in [1.165, 1.54) is 11.0 Å². The molecule has 0 radical (unpaired) electrons. The van der Waals surface area contributed by atoms with Gasteiger partial charge in [0.15, 0.2) is 23.3 Å². The summed E-state index contributed by atoms with van der Waals surface area (Å²) in [6, 6.07) is 3.04. The Labute approximate surface area is 214 Å². The third-order valence-electron chi connectivity index (χ3n) is 6.41. The lowest BCUT2D eigenvalue weighted by Crippen LogP contribution is -2.43. The first-order chi connectivity index (χ1) is 17.5. The Bertz CT molecular complexity index is 1280. The van der Waals surface area contributed by atoms with E-state index < -0.39 is 31.4 Å². The third kappa shape index (κ3) is 6.24. The molecule has 1 aliphatic rings. The monoisotopic (exact) mass is 532 g/mol. The summed E-state index contributed by atoms with van der Waals surface area (Å²) >= 11 is 0. The van der Waals surface area contributed by atoms with E-state index in [1.807, 2.05) is 6.92 Å². The first-order valence-corrected chi connectivity index (χ1v) is 16.0. The summed E-state index contributed by atoms with van der Waals surface area (Å²) in [6.45, 7) is 9.72. The van der Waals surface area contributed by atoms with Crippen LogP contribution in [0, 0.1) is 30.3 Å². The van der Waals surface area contributed by atoms with Gasteiger partial charge in [-0.1, -0.05) is 25.7 Å². The van der Waals surface area contributed by atoms with E-state index in [4.69, 9.17) is 4.74 Å². The van der Waals surface area contributed by atoms with E-state index in [9.17, 15) is 18.0 Å². The average molecular weight is 533 g/mol. The highest BCUT2D eigenvalue weighted by molar-refractivity contribution is 6.76. The zero-order valence-electron chi connectivity index (χ0n) is 21.5. The second-order valence-electron chi connectivity index (χ2n) is 10.5. The number of hydrogen-bond donors (Lipinski definition) is 0. The molecule has 0 spiro atoms. The number of aryl methyl sites for hydroxylation is 1. The maximum absolute atomic E-state index is 14.3. The van der Waals surface area contributed by atoms with Gasteiger partial charge in [0.05, 0.1) is 12.4 Å². The molecule has 3 aromatic rings. The van der Waals surface area contributed by atoms with Crippen molar-refractivity contribution < 1.29 is 22.7 Å². The molecule has 1 amide bonds. The van der Waals surface area contributed by atoms with Crippen molar-refractivity contribution in [3.63, 3.8) is 0 Å². The Hall–Kier alpha value is -3.12. The van der Waals surface area contributed by atoms with Gasteiger partial charge in [-0.25, -0.2) is 17.9 Å². The summed E-state index contributed by atoms with van der Waals surface area (Å²) in [5.41, 5.74) is 1.48. The molecule has 0 bridgehead atoms. The van der Waals surface area contributed by atoms with Crippen molar-refractivity contribution >= 4 is 19.9 Å². The quantitative estimate of drug-likeness (QED) is 0.224. The summed E-state index contributed by atoms with van der Waals surface area (Å²) < 4.78 is 48.9. The number of carbonyl (C=O) groups excluding carboxylic acids is 1. The molecule has 1 aliphatic heterocycles. The predicted octanol–water partition coefficient (Wildman–Crippen LogP) is 4.76. The summed E-state index contributed by atoms with van der Waals surface area (Å²) in [7, 11) is -1.30. The van der Waals surface area contributed by atoms with Gasteiger partial charge >= 0.3 is 0 Å². The van der Waals surface area contributed by atoms with Crippen LogP contribution in [0.15, 0.2) is 24.5 Å². The van der Waals surface area contributed by atoms with Gasteiger partial charge in [-0.2, -0.15) is 15.2 Å². The molecule has 0 N–H and O–H groups in total. The minimum atomic E-state index is -1.53. The van der Waals surface area contributed by atoms with Gasteiger partial charge in [0.25, 0.3) is 0 Å². The van der Waals surface area contributed by atoms with Crippen molar-refractivity contribution in [3.8, 4) is 11.4 Å². The van der Waals surface area contributed by atoms with Gasteiger partial charge in [0.1, 0.15) is 6.73 Å². The fourth-order valence-corrected chi connectivity index (χ4v) is 4.96. The number of hydrogen-bond acceptors (Lipinski definition) is 6. The average Bonchev–Trinajstić information content (AvgIpc) is 3.26. The molecule has 4 rings (SSSR count). The minimum absolute atomic E-state index is 0.0329. The second kappa shape index (κ2) is 11.1. The van der Waals surface area contributed by atoms with E-state index >= 15 is 0 Å². The van der Waals surface area contributed by atoms with Crippen molar-refractivity contribution in [2.24, 2.45) is 5.92 Å². The van der Waals surface area contributed by atoms with Crippen LogP contribution in [0.4, 0.5) is 19.1 Å². The largest absolute Gasteiger partial charge is 0.359 e. The summed E-state index contributed by atoms with van der Waals surface area (Å²) in [5.74, 6) is -4.22. The normalized spacial score (nSPS) is 16.5. The lowest BCUT2D eigenvalue weighted by molar-refractivity contribution is -0.123. The number of amides is 1. The maximum atomic E-state index is 14.3. The number of anilines is 1. The molecule has 1 unspecified atom stereocenters. The molecule has 12 heteroatoms. The molecule has 0 saturated carbocycles. The highest BCUT2D eigenvalue weighted by Gasteiger charge is 2.34. The molecule has 1 fully saturated rings. The Morgan fingerprint density at radius 3 is 2.59 bits per heavy atom. The molecular formula is C25H31F3N6O2Si. The van der Waals surface area contributed by atoms with Crippen LogP contribution in [0.1, 0.15) is 24.0 Å². The first-order valence-electron chi connectivity index (χ1n) is 12.3. The fourth-order valence-electron chi connectivity index (χ4n) is 4.21. The maximum Gasteiger partial charge on any atom is 0.233 e. The Kier molecular flexibility index (Phi) is 8.07. The van der Waals surface area contributed by atoms with Crippen LogP contribution in [-0.4, -0.2) is 52.1 Å². The number of aromatic nitrogens is 5. The standard InChI is InChI=1S/C25H31F3N6O2Si/c1-16-13-29-30-14-19(16)23-31-25(34(32-23)15-36-10-11-37(2,3)4)33-9-5-6-18(24(33)35)12-17-7-8-20(26)22(28)21(17)27/h7-8,13-14,18H,5-6,9-12,15H2,1-4H3. The van der Waals surface area contributed by atoms with Crippen LogP contribution in [0.2, 0.25) is 25.7 Å². The van der Waals surface area contributed by atoms with Crippen LogP contribution in [0.5, 0.6) is 0 Å². The first kappa shape index (κ1) is 26.9. The van der Waals surface area contributed by atoms with Crippen molar-refractivity contribution in [1.29, 1.82) is 0 Å². The van der Waals surface area contributed by atoms with Crippen molar-refractivity contribution in [3.05, 3.63) is 53.1 Å². The molecule has 8 nitrogen and oxygen atoms in total. The van der Waals surface area contributed by atoms with E-state index in [0.29, 0.717) is 43.3 Å². The van der Waals surface area contributed by atoms with Crippen LogP contribution >= 0.6 is 0 Å². The van der Waals surface area contributed by atoms with E-state index in [0.717, 1.165) is 17.7 Å². The molecule has 1 aromatic carbocycles. The number of nitrogens with zero attached hydrogens (tertiary/aromatic N) is 6. The second-order valence-corrected chi connectivity index (χ2v) is 16.2. The number of benzene rings is 1. The zero-order valence-corrected chi connectivity index (χ0v) is 22.5. The molecule has 0 aliphatic carbocycles. The fraction of sp³-hybridized carbons (Fsp3) is 0.480. The zero-order chi connectivity index (χ0) is 26.7. The highest BCUT2D eigenvalue weighted by atomic mass is 28.3. The summed E-state index contributed by atoms with van der Waals surface area (Å²) in [6.07, 6.45) is 4.26. The van der Waals surface area contributed by atoms with Crippen LogP contribution < -0.4 is 4.90 Å². The van der Waals surface area contributed by atoms with Gasteiger partial charge in [-0.15, -0.1) is 5.10 Å². The smallest absolute Gasteiger partial charge is 0.233 e. The van der Waals surface area contributed by atoms with Crippen LogP contribution in [0.3, 0.4) is 0 Å². The van der Waals surface area contributed by atoms with Crippen LogP contribution in [0.25, 0.3) is 11.4 Å². The number of ether oxygens (including phenoxy) is 1. The molecule has 1 saturated heterocycles.